The monoisotopic (exact) mass is 1090 g/mol. The van der Waals surface area contributed by atoms with E-state index in [9.17, 15) is 0 Å². The van der Waals surface area contributed by atoms with E-state index in [2.05, 4.69) is 224 Å². The van der Waals surface area contributed by atoms with Gasteiger partial charge in [-0.25, -0.2) is 9.97 Å². The van der Waals surface area contributed by atoms with Crippen molar-refractivity contribution >= 4 is 0 Å². The highest BCUT2D eigenvalue weighted by atomic mass is 14.9. The van der Waals surface area contributed by atoms with Gasteiger partial charge in [-0.15, -0.1) is 0 Å². The van der Waals surface area contributed by atoms with Gasteiger partial charge in [0.2, 0.25) is 0 Å². The number of nitrogens with zero attached hydrogens (tertiary/aromatic N) is 9. The molecule has 0 bridgehead atoms. The molecule has 2 aromatic carbocycles. The summed E-state index contributed by atoms with van der Waals surface area (Å²) in [4.78, 5) is 36.7. The maximum Gasteiger partial charge on any atom is 0.130 e. The lowest BCUT2D eigenvalue weighted by Crippen LogP contribution is -1.93. The maximum atomic E-state index is 4.18. The van der Waals surface area contributed by atoms with Gasteiger partial charge in [-0.2, -0.15) is 0 Å². The molecule has 0 aliphatic rings. The topological polar surface area (TPSA) is 116 Å². The Kier molecular flexibility index (Phi) is 38.9. The highest BCUT2D eigenvalue weighted by molar-refractivity contribution is 5.19. The van der Waals surface area contributed by atoms with E-state index in [1.165, 1.54) is 22.3 Å². The predicted octanol–water partition coefficient (Wildman–Crippen LogP) is 19.8. The Bertz CT molecular complexity index is 2130. The Morgan fingerprint density at radius 2 is 0.531 bits per heavy atom. The molecule has 0 spiro atoms. The molecular weight excluding hydrogens is 991 g/mol. The van der Waals surface area contributed by atoms with Crippen molar-refractivity contribution in [1.29, 1.82) is 0 Å². The minimum Gasteiger partial charge on any atom is -0.265 e. The van der Waals surface area contributed by atoms with Crippen molar-refractivity contribution in [1.82, 2.24) is 44.9 Å². The lowest BCUT2D eigenvalue weighted by atomic mass is 10.0. The van der Waals surface area contributed by atoms with Gasteiger partial charge in [0, 0.05) is 97.4 Å². The van der Waals surface area contributed by atoms with Gasteiger partial charge in [0.15, 0.2) is 0 Å². The molecule has 0 saturated carbocycles. The fourth-order valence-electron chi connectivity index (χ4n) is 6.51. The minimum absolute atomic E-state index is 0.436. The van der Waals surface area contributed by atoms with Crippen LogP contribution < -0.4 is 0 Å². The first-order valence-corrected chi connectivity index (χ1v) is 28.9. The molecule has 0 fully saturated rings. The van der Waals surface area contributed by atoms with Crippen LogP contribution in [-0.2, 0) is 0 Å². The average Bonchev–Trinajstić information content (AvgIpc) is 3.50. The van der Waals surface area contributed by atoms with Crippen LogP contribution in [0.2, 0.25) is 0 Å². The van der Waals surface area contributed by atoms with Crippen molar-refractivity contribution in [2.45, 2.75) is 178 Å². The number of rotatable bonds is 9. The summed E-state index contributed by atoms with van der Waals surface area (Å²) in [7, 11) is 0. The van der Waals surface area contributed by atoms with Crippen molar-refractivity contribution in [2.24, 2.45) is 0 Å². The van der Waals surface area contributed by atoms with Crippen LogP contribution in [0.5, 0.6) is 0 Å². The molecule has 7 heterocycles. The summed E-state index contributed by atoms with van der Waals surface area (Å²) in [6.45, 7) is 38.7. The Balaban J connectivity index is 0.000000456. The molecule has 0 amide bonds. The normalized spacial score (nSPS) is 10.1. The van der Waals surface area contributed by atoms with Gasteiger partial charge in [0.1, 0.15) is 5.82 Å². The van der Waals surface area contributed by atoms with E-state index in [-0.39, 0.29) is 0 Å². The number of aromatic nitrogens is 9. The third-order valence-corrected chi connectivity index (χ3v) is 11.8. The summed E-state index contributed by atoms with van der Waals surface area (Å²) < 4.78 is 0. The molecular formula is C72H99N9. The largest absolute Gasteiger partial charge is 0.265 e. The summed E-state index contributed by atoms with van der Waals surface area (Å²) in [5, 5.41) is 0. The highest BCUT2D eigenvalue weighted by Crippen LogP contribution is 2.15. The smallest absolute Gasteiger partial charge is 0.130 e. The molecule has 9 nitrogen and oxygen atoms in total. The van der Waals surface area contributed by atoms with Crippen LogP contribution in [0.25, 0.3) is 0 Å². The molecule has 9 rings (SSSR count). The molecule has 0 atom stereocenters. The zero-order valence-electron chi connectivity index (χ0n) is 52.5. The van der Waals surface area contributed by atoms with Crippen LogP contribution in [0.3, 0.4) is 0 Å². The van der Waals surface area contributed by atoms with Crippen molar-refractivity contribution in [3.05, 3.63) is 271 Å². The fourth-order valence-corrected chi connectivity index (χ4v) is 6.51. The Labute approximate surface area is 491 Å². The van der Waals surface area contributed by atoms with Crippen LogP contribution in [0.4, 0.5) is 0 Å². The van der Waals surface area contributed by atoms with Gasteiger partial charge in [0.05, 0.1) is 5.69 Å². The van der Waals surface area contributed by atoms with Gasteiger partial charge >= 0.3 is 0 Å². The van der Waals surface area contributed by atoms with Crippen LogP contribution in [0.1, 0.15) is 229 Å². The Morgan fingerprint density at radius 3 is 0.753 bits per heavy atom. The van der Waals surface area contributed by atoms with E-state index in [1.807, 2.05) is 128 Å². The summed E-state index contributed by atoms with van der Waals surface area (Å²) in [5.41, 5.74) is 10.0. The lowest BCUT2D eigenvalue weighted by Gasteiger charge is -2.01. The van der Waals surface area contributed by atoms with Crippen molar-refractivity contribution in [3.8, 4) is 0 Å². The molecule has 0 radical (unpaired) electrons. The zero-order valence-corrected chi connectivity index (χ0v) is 52.5. The van der Waals surface area contributed by atoms with E-state index >= 15 is 0 Å². The van der Waals surface area contributed by atoms with E-state index < -0.39 is 0 Å². The summed E-state index contributed by atoms with van der Waals surface area (Å²) in [6.07, 6.45) is 21.6. The van der Waals surface area contributed by atoms with Crippen LogP contribution in [-0.4, -0.2) is 44.9 Å². The second-order valence-corrected chi connectivity index (χ2v) is 21.8. The number of hydrogen-bond acceptors (Lipinski definition) is 9. The highest BCUT2D eigenvalue weighted by Gasteiger charge is 2.01. The summed E-state index contributed by atoms with van der Waals surface area (Å²) >= 11 is 0. The molecule has 0 saturated heterocycles. The Hall–Kier alpha value is -7.65. The molecule has 432 valence electrons. The first-order valence-electron chi connectivity index (χ1n) is 28.9. The number of hydrogen-bond donors (Lipinski definition) is 0. The predicted molar refractivity (Wildman–Crippen MR) is 345 cm³/mol. The molecule has 81 heavy (non-hydrogen) atoms. The van der Waals surface area contributed by atoms with Gasteiger partial charge in [-0.1, -0.05) is 210 Å². The zero-order chi connectivity index (χ0) is 60.2. The second-order valence-electron chi connectivity index (χ2n) is 21.8. The number of benzene rings is 2. The van der Waals surface area contributed by atoms with E-state index in [0.717, 1.165) is 28.6 Å². The third kappa shape index (κ3) is 35.6. The number of pyridine rings is 5. The first-order chi connectivity index (χ1) is 38.7. The average molecular weight is 1090 g/mol. The van der Waals surface area contributed by atoms with Crippen LogP contribution in [0, 0.1) is 0 Å². The fraction of sp³-hybridized carbons (Fsp3) is 0.375. The van der Waals surface area contributed by atoms with E-state index in [4.69, 9.17) is 0 Å². The molecule has 0 aliphatic heterocycles. The van der Waals surface area contributed by atoms with Crippen molar-refractivity contribution in [2.75, 3.05) is 0 Å². The first kappa shape index (κ1) is 71.4. The van der Waals surface area contributed by atoms with Gasteiger partial charge in [-0.3, -0.25) is 34.9 Å². The second kappa shape index (κ2) is 44.1. The molecule has 7 aromatic heterocycles. The molecule has 0 unspecified atom stereocenters. The van der Waals surface area contributed by atoms with Gasteiger partial charge in [0.25, 0.3) is 0 Å². The minimum atomic E-state index is 0.436. The lowest BCUT2D eigenvalue weighted by molar-refractivity contribution is 0.774. The molecule has 0 aliphatic carbocycles. The van der Waals surface area contributed by atoms with Crippen molar-refractivity contribution < 1.29 is 0 Å². The van der Waals surface area contributed by atoms with Crippen LogP contribution in [0.15, 0.2) is 220 Å². The van der Waals surface area contributed by atoms with Gasteiger partial charge in [-0.05, 0) is 130 Å². The quantitative estimate of drug-likeness (QED) is 0.139. The maximum absolute atomic E-state index is 4.18. The molecule has 9 aromatic rings. The van der Waals surface area contributed by atoms with Gasteiger partial charge < -0.3 is 0 Å². The Morgan fingerprint density at radius 1 is 0.198 bits per heavy atom. The molecule has 9 heteroatoms. The summed E-state index contributed by atoms with van der Waals surface area (Å²) in [5.74, 6) is 6.01. The van der Waals surface area contributed by atoms with Crippen LogP contribution >= 0.6 is 0 Å². The van der Waals surface area contributed by atoms with E-state index in [0.29, 0.717) is 53.3 Å². The third-order valence-electron chi connectivity index (χ3n) is 11.8. The summed E-state index contributed by atoms with van der Waals surface area (Å²) in [6, 6.07) is 49.0. The molecule has 0 N–H and O–H groups in total. The van der Waals surface area contributed by atoms with E-state index in [1.54, 1.807) is 37.2 Å². The SMILES string of the molecule is CC(C)c1ccccc1.CC(C)c1ccccc1.CC(C)c1ccccn1.CC(C)c1ccccn1.CC(C)c1ccccn1.CC(C)c1cccnc1.CC(C)c1ccncc1.CC(C)c1cnccn1.CC(C)c1ncccn1. The standard InChI is InChI=1S/2C9H12.5C8H11N.2C7H10N2/c2*1-8(2)9-6-4-3-5-7-9;1-7(2)8-3-5-9-6-4-8;1-7(2)8-4-3-5-9-6-8;3*1-7(2)8-5-3-4-6-9-8;1-6(2)7-5-8-3-4-9-7;1-6(2)7-8-4-3-5-9-7/h2*3-8H,1-2H3;5*3-7H,1-2H3;2*3-6H,1-2H3. The van der Waals surface area contributed by atoms with Crippen molar-refractivity contribution in [3.63, 3.8) is 0 Å².